The molecule has 0 heterocycles. The van der Waals surface area contributed by atoms with Gasteiger partial charge in [0.2, 0.25) is 0 Å². The number of nitrogens with one attached hydrogen (secondary N) is 1. The highest BCUT2D eigenvalue weighted by molar-refractivity contribution is 6.39. The minimum atomic E-state index is -0.647. The summed E-state index contributed by atoms with van der Waals surface area (Å²) in [6, 6.07) is 4.84. The third-order valence-electron chi connectivity index (χ3n) is 3.17. The zero-order valence-corrected chi connectivity index (χ0v) is 14.1. The van der Waals surface area contributed by atoms with Crippen LogP contribution in [0, 0.1) is 0 Å². The van der Waals surface area contributed by atoms with Crippen molar-refractivity contribution in [3.8, 4) is 5.75 Å². The Kier molecular flexibility index (Phi) is 7.74. The molecule has 0 bridgehead atoms. The Labute approximate surface area is 136 Å². The number of rotatable bonds is 7. The molecule has 1 rings (SSSR count). The van der Waals surface area contributed by atoms with E-state index in [4.69, 9.17) is 16.3 Å². The van der Waals surface area contributed by atoms with Gasteiger partial charge in [-0.15, -0.1) is 0 Å². The first kappa shape index (κ1) is 18.3. The number of benzene rings is 1. The zero-order chi connectivity index (χ0) is 16.5. The molecule has 0 aliphatic heterocycles. The molecule has 0 unspecified atom stereocenters. The fourth-order valence-electron chi connectivity index (χ4n) is 2.01. The number of ether oxygens (including phenoxy) is 1. The van der Waals surface area contributed by atoms with Crippen LogP contribution in [0.15, 0.2) is 18.2 Å². The number of methoxy groups -OCH3 is 1. The van der Waals surface area contributed by atoms with E-state index in [1.54, 1.807) is 23.1 Å². The summed E-state index contributed by atoms with van der Waals surface area (Å²) in [6.07, 6.45) is 2.67. The highest BCUT2D eigenvalue weighted by Crippen LogP contribution is 2.27. The summed E-state index contributed by atoms with van der Waals surface area (Å²) < 4.78 is 5.05. The average molecular weight is 327 g/mol. The molecule has 22 heavy (non-hydrogen) atoms. The summed E-state index contributed by atoms with van der Waals surface area (Å²) in [4.78, 5) is 25.9. The normalized spacial score (nSPS) is 10.2. The van der Waals surface area contributed by atoms with Crippen LogP contribution in [0.1, 0.15) is 33.1 Å². The van der Waals surface area contributed by atoms with Crippen LogP contribution in [0.3, 0.4) is 0 Å². The van der Waals surface area contributed by atoms with Crippen LogP contribution in [0.25, 0.3) is 0 Å². The van der Waals surface area contributed by atoms with Crippen molar-refractivity contribution in [2.24, 2.45) is 0 Å². The van der Waals surface area contributed by atoms with Crippen LogP contribution in [-0.2, 0) is 9.59 Å². The van der Waals surface area contributed by atoms with E-state index in [-0.39, 0.29) is 0 Å². The molecular formula is C16H23ClN2O3. The lowest BCUT2D eigenvalue weighted by Gasteiger charge is -2.21. The number of nitrogens with zero attached hydrogens (tertiary/aromatic N) is 1. The number of unbranched alkanes of at least 4 members (excludes halogenated alkanes) is 1. The van der Waals surface area contributed by atoms with Crippen molar-refractivity contribution in [3.63, 3.8) is 0 Å². The maximum absolute atomic E-state index is 12.2. The fraction of sp³-hybridized carbons (Fsp3) is 0.500. The molecule has 1 aromatic rings. The van der Waals surface area contributed by atoms with Gasteiger partial charge in [0.15, 0.2) is 0 Å². The lowest BCUT2D eigenvalue weighted by molar-refractivity contribution is -0.143. The van der Waals surface area contributed by atoms with E-state index in [0.29, 0.717) is 29.5 Å². The molecule has 5 nitrogen and oxygen atoms in total. The van der Waals surface area contributed by atoms with E-state index in [0.717, 1.165) is 19.3 Å². The summed E-state index contributed by atoms with van der Waals surface area (Å²) in [5, 5.41) is 2.96. The number of carbonyl (C=O) groups is 2. The number of halogens is 1. The second-order valence-corrected chi connectivity index (χ2v) is 5.36. The molecule has 0 spiro atoms. The second kappa shape index (κ2) is 9.30. The van der Waals surface area contributed by atoms with Crippen molar-refractivity contribution >= 4 is 29.1 Å². The van der Waals surface area contributed by atoms with Crippen LogP contribution in [-0.4, -0.2) is 36.9 Å². The largest absolute Gasteiger partial charge is 0.495 e. The molecule has 6 heteroatoms. The van der Waals surface area contributed by atoms with Crippen LogP contribution >= 0.6 is 11.6 Å². The highest BCUT2D eigenvalue weighted by Gasteiger charge is 2.21. The molecule has 0 fully saturated rings. The molecule has 122 valence electrons. The lowest BCUT2D eigenvalue weighted by Crippen LogP contribution is -2.40. The van der Waals surface area contributed by atoms with Gasteiger partial charge in [0, 0.05) is 18.8 Å². The number of amides is 2. The molecular weight excluding hydrogens is 304 g/mol. The van der Waals surface area contributed by atoms with Gasteiger partial charge in [-0.25, -0.2) is 0 Å². The molecule has 0 aliphatic carbocycles. The SMILES string of the molecule is CCCCN(CCC)C(=O)C(=O)Nc1ccc(OC)c(Cl)c1. The molecule has 2 amide bonds. The first-order chi connectivity index (χ1) is 10.5. The van der Waals surface area contributed by atoms with Gasteiger partial charge in [-0.1, -0.05) is 31.9 Å². The van der Waals surface area contributed by atoms with Gasteiger partial charge in [-0.2, -0.15) is 0 Å². The predicted molar refractivity (Wildman–Crippen MR) is 88.4 cm³/mol. The Bertz CT molecular complexity index is 520. The van der Waals surface area contributed by atoms with Crippen LogP contribution in [0.2, 0.25) is 5.02 Å². The topological polar surface area (TPSA) is 58.6 Å². The molecule has 0 saturated heterocycles. The summed E-state index contributed by atoms with van der Waals surface area (Å²) in [7, 11) is 1.51. The Morgan fingerprint density at radius 3 is 2.50 bits per heavy atom. The Morgan fingerprint density at radius 1 is 1.23 bits per heavy atom. The summed E-state index contributed by atoms with van der Waals surface area (Å²) in [6.45, 7) is 5.21. The van der Waals surface area contributed by atoms with Crippen molar-refractivity contribution < 1.29 is 14.3 Å². The molecule has 1 aromatic carbocycles. The van der Waals surface area contributed by atoms with Crippen molar-refractivity contribution in [1.29, 1.82) is 0 Å². The summed E-state index contributed by atoms with van der Waals surface area (Å²) in [5.41, 5.74) is 0.469. The van der Waals surface area contributed by atoms with Gasteiger partial charge in [0.05, 0.1) is 12.1 Å². The number of hydrogen-bond acceptors (Lipinski definition) is 3. The van der Waals surface area contributed by atoms with E-state index in [1.165, 1.54) is 7.11 Å². The molecule has 0 saturated carbocycles. The number of anilines is 1. The van der Waals surface area contributed by atoms with Crippen molar-refractivity contribution in [2.45, 2.75) is 33.1 Å². The first-order valence-corrected chi connectivity index (χ1v) is 7.85. The van der Waals surface area contributed by atoms with Gasteiger partial charge < -0.3 is 15.0 Å². The third-order valence-corrected chi connectivity index (χ3v) is 3.46. The number of carbonyl (C=O) groups excluding carboxylic acids is 2. The van der Waals surface area contributed by atoms with E-state index in [2.05, 4.69) is 5.32 Å². The minimum Gasteiger partial charge on any atom is -0.495 e. The van der Waals surface area contributed by atoms with Crippen LogP contribution < -0.4 is 10.1 Å². The third kappa shape index (κ3) is 5.22. The average Bonchev–Trinajstić information content (AvgIpc) is 2.51. The molecule has 0 radical (unpaired) electrons. The summed E-state index contributed by atoms with van der Waals surface area (Å²) in [5.74, 6) is -0.644. The van der Waals surface area contributed by atoms with Gasteiger partial charge in [-0.3, -0.25) is 9.59 Å². The maximum atomic E-state index is 12.2. The lowest BCUT2D eigenvalue weighted by atomic mass is 10.2. The standard InChI is InChI=1S/C16H23ClN2O3/c1-4-6-10-19(9-5-2)16(21)15(20)18-12-7-8-14(22-3)13(17)11-12/h7-8,11H,4-6,9-10H2,1-3H3,(H,18,20). The van der Waals surface area contributed by atoms with Gasteiger partial charge in [-0.05, 0) is 31.0 Å². The zero-order valence-electron chi connectivity index (χ0n) is 13.3. The minimum absolute atomic E-state index is 0.379. The van der Waals surface area contributed by atoms with Crippen molar-refractivity contribution in [2.75, 3.05) is 25.5 Å². The van der Waals surface area contributed by atoms with Gasteiger partial charge in [0.1, 0.15) is 5.75 Å². The second-order valence-electron chi connectivity index (χ2n) is 4.95. The van der Waals surface area contributed by atoms with Crippen molar-refractivity contribution in [1.82, 2.24) is 4.90 Å². The van der Waals surface area contributed by atoms with Crippen LogP contribution in [0.4, 0.5) is 5.69 Å². The first-order valence-electron chi connectivity index (χ1n) is 7.47. The Morgan fingerprint density at radius 2 is 1.95 bits per heavy atom. The highest BCUT2D eigenvalue weighted by atomic mass is 35.5. The quantitative estimate of drug-likeness (QED) is 0.782. The molecule has 0 atom stereocenters. The maximum Gasteiger partial charge on any atom is 0.313 e. The van der Waals surface area contributed by atoms with E-state index >= 15 is 0 Å². The molecule has 0 aliphatic rings. The van der Waals surface area contributed by atoms with E-state index < -0.39 is 11.8 Å². The van der Waals surface area contributed by atoms with Gasteiger partial charge in [0.25, 0.3) is 0 Å². The smallest absolute Gasteiger partial charge is 0.313 e. The van der Waals surface area contributed by atoms with Crippen LogP contribution in [0.5, 0.6) is 5.75 Å². The van der Waals surface area contributed by atoms with Gasteiger partial charge >= 0.3 is 11.8 Å². The predicted octanol–water partition coefficient (Wildman–Crippen LogP) is 3.33. The fourth-order valence-corrected chi connectivity index (χ4v) is 2.26. The molecule has 1 N–H and O–H groups in total. The summed E-state index contributed by atoms with van der Waals surface area (Å²) >= 11 is 6.00. The number of hydrogen-bond donors (Lipinski definition) is 1. The Hall–Kier alpha value is -1.75. The van der Waals surface area contributed by atoms with E-state index in [9.17, 15) is 9.59 Å². The van der Waals surface area contributed by atoms with E-state index in [1.807, 2.05) is 13.8 Å². The monoisotopic (exact) mass is 326 g/mol. The Balaban J connectivity index is 2.73. The van der Waals surface area contributed by atoms with Crippen molar-refractivity contribution in [3.05, 3.63) is 23.2 Å². The molecule has 0 aromatic heterocycles.